The minimum absolute atomic E-state index is 0.0947. The van der Waals surface area contributed by atoms with Crippen molar-refractivity contribution in [2.75, 3.05) is 13.2 Å². The molecule has 0 aliphatic rings. The Bertz CT molecular complexity index is 1510. The van der Waals surface area contributed by atoms with Crippen molar-refractivity contribution < 1.29 is 28.6 Å². The predicted molar refractivity (Wildman–Crippen MR) is 320 cm³/mol. The fourth-order valence-corrected chi connectivity index (χ4v) is 8.43. The minimum Gasteiger partial charge on any atom is -0.462 e. The number of esters is 3. The van der Waals surface area contributed by atoms with Crippen LogP contribution in [0.5, 0.6) is 0 Å². The molecule has 0 bridgehead atoms. The van der Waals surface area contributed by atoms with E-state index in [4.69, 9.17) is 14.2 Å². The van der Waals surface area contributed by atoms with Crippen molar-refractivity contribution in [2.45, 2.75) is 290 Å². The fourth-order valence-electron chi connectivity index (χ4n) is 8.43. The van der Waals surface area contributed by atoms with Crippen molar-refractivity contribution in [1.29, 1.82) is 0 Å². The molecule has 0 fully saturated rings. The summed E-state index contributed by atoms with van der Waals surface area (Å²) < 4.78 is 16.9. The Morgan fingerprint density at radius 3 is 0.973 bits per heavy atom. The van der Waals surface area contributed by atoms with E-state index in [1.165, 1.54) is 122 Å². The van der Waals surface area contributed by atoms with Gasteiger partial charge in [0.05, 0.1) is 0 Å². The molecule has 0 aromatic rings. The van der Waals surface area contributed by atoms with Crippen LogP contribution in [0.15, 0.2) is 109 Å². The van der Waals surface area contributed by atoms with Crippen LogP contribution in [0.3, 0.4) is 0 Å². The van der Waals surface area contributed by atoms with Crippen molar-refractivity contribution >= 4 is 17.9 Å². The van der Waals surface area contributed by atoms with E-state index >= 15 is 0 Å². The van der Waals surface area contributed by atoms with Crippen LogP contribution in [0.2, 0.25) is 0 Å². The summed E-state index contributed by atoms with van der Waals surface area (Å²) in [6, 6.07) is 0. The van der Waals surface area contributed by atoms with Crippen LogP contribution in [0.25, 0.3) is 0 Å². The fraction of sp³-hybridized carbons (Fsp3) is 0.691. The van der Waals surface area contributed by atoms with Crippen molar-refractivity contribution in [3.63, 3.8) is 0 Å². The molecule has 1 atom stereocenters. The summed E-state index contributed by atoms with van der Waals surface area (Å²) >= 11 is 0. The molecule has 0 heterocycles. The molecule has 0 spiro atoms. The Morgan fingerprint density at radius 1 is 0.297 bits per heavy atom. The molecule has 0 aromatic carbocycles. The molecule has 0 amide bonds. The lowest BCUT2D eigenvalue weighted by Gasteiger charge is -2.18. The van der Waals surface area contributed by atoms with E-state index in [1.807, 2.05) is 0 Å². The molecule has 0 radical (unpaired) electrons. The monoisotopic (exact) mass is 1030 g/mol. The van der Waals surface area contributed by atoms with Gasteiger partial charge in [0.1, 0.15) is 13.2 Å². The van der Waals surface area contributed by atoms with Crippen LogP contribution >= 0.6 is 0 Å². The van der Waals surface area contributed by atoms with Crippen molar-refractivity contribution in [1.82, 2.24) is 0 Å². The minimum atomic E-state index is -0.798. The quantitative estimate of drug-likeness (QED) is 0.0199. The number of carbonyl (C=O) groups excluding carboxylic acids is 3. The number of allylic oxidation sites excluding steroid dienone is 18. The zero-order chi connectivity index (χ0) is 53.6. The summed E-state index contributed by atoms with van der Waals surface area (Å²) in [5, 5.41) is 0. The third kappa shape index (κ3) is 59.0. The van der Waals surface area contributed by atoms with Gasteiger partial charge in [-0.05, 0) is 109 Å². The first-order valence-corrected chi connectivity index (χ1v) is 30.9. The number of hydrogen-bond acceptors (Lipinski definition) is 6. The highest BCUT2D eigenvalue weighted by atomic mass is 16.6. The Kier molecular flexibility index (Phi) is 58.3. The molecule has 0 saturated carbocycles. The molecule has 0 saturated heterocycles. The maximum Gasteiger partial charge on any atom is 0.306 e. The molecule has 6 heteroatoms. The van der Waals surface area contributed by atoms with Gasteiger partial charge in [0.2, 0.25) is 0 Å². The second kappa shape index (κ2) is 61.6. The van der Waals surface area contributed by atoms with Gasteiger partial charge in [0.25, 0.3) is 0 Å². The average molecular weight is 1030 g/mol. The molecule has 6 nitrogen and oxygen atoms in total. The van der Waals surface area contributed by atoms with Gasteiger partial charge in [0, 0.05) is 19.3 Å². The van der Waals surface area contributed by atoms with Gasteiger partial charge in [-0.2, -0.15) is 0 Å². The van der Waals surface area contributed by atoms with Crippen LogP contribution in [0.1, 0.15) is 284 Å². The Labute approximate surface area is 457 Å². The SMILES string of the molecule is CC/C=C\C/C=C\C/C=C\C/C=C\CCCCCCCCC(=O)OCC(COC(=O)CCCCCCC\C=C/C=C\C=C/CCCCCCC)OC(=O)CCCCCCCCCCCC/C=C\C=C/CCCCC. The molecule has 1 unspecified atom stereocenters. The number of unbranched alkanes of at least 4 members (excludes halogenated alkanes) is 29. The zero-order valence-electron chi connectivity index (χ0n) is 48.3. The van der Waals surface area contributed by atoms with E-state index < -0.39 is 6.10 Å². The Morgan fingerprint density at radius 2 is 0.581 bits per heavy atom. The first kappa shape index (κ1) is 70.1. The lowest BCUT2D eigenvalue weighted by Crippen LogP contribution is -2.30. The maximum atomic E-state index is 12.9. The first-order chi connectivity index (χ1) is 36.5. The summed E-state index contributed by atoms with van der Waals surface area (Å²) in [4.78, 5) is 38.3. The van der Waals surface area contributed by atoms with E-state index in [0.717, 1.165) is 122 Å². The van der Waals surface area contributed by atoms with Gasteiger partial charge in [-0.3, -0.25) is 14.4 Å². The maximum absolute atomic E-state index is 12.9. The summed E-state index contributed by atoms with van der Waals surface area (Å²) in [5.74, 6) is -0.925. The summed E-state index contributed by atoms with van der Waals surface area (Å²) in [6.07, 6.45) is 83.6. The smallest absolute Gasteiger partial charge is 0.306 e. The van der Waals surface area contributed by atoms with E-state index in [2.05, 4.69) is 130 Å². The van der Waals surface area contributed by atoms with Gasteiger partial charge in [-0.1, -0.05) is 265 Å². The number of ether oxygens (including phenoxy) is 3. The second-order valence-electron chi connectivity index (χ2n) is 20.3. The highest BCUT2D eigenvalue weighted by Crippen LogP contribution is 2.15. The van der Waals surface area contributed by atoms with E-state index in [9.17, 15) is 14.4 Å². The largest absolute Gasteiger partial charge is 0.462 e. The number of carbonyl (C=O) groups is 3. The third-order valence-electron chi connectivity index (χ3n) is 13.1. The predicted octanol–water partition coefficient (Wildman–Crippen LogP) is 21.0. The standard InChI is InChI=1S/C68H114O6/c1-4-7-10-13-16-19-22-25-28-31-34-37-40-43-46-49-52-55-58-61-67(70)73-64-65(63-72-66(69)60-57-54-51-48-45-42-39-36-33-30-27-24-21-18-15-12-9-6-3)74-68(71)62-59-56-53-50-47-44-41-38-35-32-29-26-23-20-17-14-11-8-5-2/h7,10,16-17,19-20,23-28,30,33-34,36-37,39,65H,4-6,8-9,11-15,18,21-22,29,31-32,35,38,40-64H2,1-3H3/b10-7-,19-16-,20-17-,26-23-,27-24-,28-25-,33-30-,37-34-,39-36-. The van der Waals surface area contributed by atoms with Gasteiger partial charge >= 0.3 is 17.9 Å². The highest BCUT2D eigenvalue weighted by Gasteiger charge is 2.19. The van der Waals surface area contributed by atoms with Crippen LogP contribution in [0.4, 0.5) is 0 Å². The van der Waals surface area contributed by atoms with E-state index in [1.54, 1.807) is 0 Å². The third-order valence-corrected chi connectivity index (χ3v) is 13.1. The molecule has 0 aliphatic carbocycles. The molecular weight excluding hydrogens is 913 g/mol. The van der Waals surface area contributed by atoms with E-state index in [0.29, 0.717) is 19.3 Å². The first-order valence-electron chi connectivity index (χ1n) is 30.9. The zero-order valence-corrected chi connectivity index (χ0v) is 48.3. The van der Waals surface area contributed by atoms with Gasteiger partial charge < -0.3 is 14.2 Å². The van der Waals surface area contributed by atoms with Gasteiger partial charge in [0.15, 0.2) is 6.10 Å². The molecule has 74 heavy (non-hydrogen) atoms. The highest BCUT2D eigenvalue weighted by molar-refractivity contribution is 5.71. The van der Waals surface area contributed by atoms with Crippen LogP contribution in [-0.2, 0) is 28.6 Å². The molecule has 0 N–H and O–H groups in total. The van der Waals surface area contributed by atoms with Crippen molar-refractivity contribution in [2.24, 2.45) is 0 Å². The Balaban J connectivity index is 4.47. The van der Waals surface area contributed by atoms with Gasteiger partial charge in [-0.15, -0.1) is 0 Å². The number of hydrogen-bond donors (Lipinski definition) is 0. The second-order valence-corrected chi connectivity index (χ2v) is 20.3. The van der Waals surface area contributed by atoms with Crippen LogP contribution in [0, 0.1) is 0 Å². The molecule has 0 rings (SSSR count). The summed E-state index contributed by atoms with van der Waals surface area (Å²) in [7, 11) is 0. The molecule has 0 aliphatic heterocycles. The van der Waals surface area contributed by atoms with Crippen LogP contribution < -0.4 is 0 Å². The Hall–Kier alpha value is -3.93. The van der Waals surface area contributed by atoms with E-state index in [-0.39, 0.29) is 31.1 Å². The average Bonchev–Trinajstić information content (AvgIpc) is 3.40. The van der Waals surface area contributed by atoms with Crippen molar-refractivity contribution in [3.8, 4) is 0 Å². The van der Waals surface area contributed by atoms with Crippen molar-refractivity contribution in [3.05, 3.63) is 109 Å². The lowest BCUT2D eigenvalue weighted by atomic mass is 10.1. The molecule has 0 aromatic heterocycles. The van der Waals surface area contributed by atoms with Gasteiger partial charge in [-0.25, -0.2) is 0 Å². The normalized spacial score (nSPS) is 12.9. The van der Waals surface area contributed by atoms with Crippen LogP contribution in [-0.4, -0.2) is 37.2 Å². The lowest BCUT2D eigenvalue weighted by molar-refractivity contribution is -0.167. The summed E-state index contributed by atoms with van der Waals surface area (Å²) in [6.45, 7) is 6.47. The molecular formula is C68H114O6. The molecule has 422 valence electrons. The summed E-state index contributed by atoms with van der Waals surface area (Å²) in [5.41, 5.74) is 0. The topological polar surface area (TPSA) is 78.9 Å². The number of rotatable bonds is 55.